The molecule has 2 aromatic rings. The molecule has 22 heavy (non-hydrogen) atoms. The number of hydrogen-bond acceptors (Lipinski definition) is 3. The number of pyridine rings is 1. The summed E-state index contributed by atoms with van der Waals surface area (Å²) in [5.41, 5.74) is 3.71. The standard InChI is InChI=1S/C19H26N2O/c1-3-6-16-13-19(17-7-4-5-8-18(17)20-16)21-11-9-15(10-12-21)14-22-2/h4-5,7-8,13,15H,3,6,9-12,14H2,1-2H3. The van der Waals surface area contributed by atoms with Crippen molar-refractivity contribution in [2.45, 2.75) is 32.6 Å². The van der Waals surface area contributed by atoms with E-state index in [-0.39, 0.29) is 0 Å². The van der Waals surface area contributed by atoms with Crippen LogP contribution in [0.5, 0.6) is 0 Å². The number of ether oxygens (including phenoxy) is 1. The first kappa shape index (κ1) is 15.3. The molecule has 0 aliphatic carbocycles. The maximum atomic E-state index is 5.32. The molecule has 1 saturated heterocycles. The van der Waals surface area contributed by atoms with Gasteiger partial charge in [-0.2, -0.15) is 0 Å². The van der Waals surface area contributed by atoms with Crippen LogP contribution in [0.4, 0.5) is 5.69 Å². The van der Waals surface area contributed by atoms with Crippen molar-refractivity contribution in [1.82, 2.24) is 4.98 Å². The normalized spacial score (nSPS) is 16.4. The van der Waals surface area contributed by atoms with Gasteiger partial charge in [0.2, 0.25) is 0 Å². The number of hydrogen-bond donors (Lipinski definition) is 0. The Labute approximate surface area is 133 Å². The Bertz CT molecular complexity index is 618. The van der Waals surface area contributed by atoms with Gasteiger partial charge in [-0.1, -0.05) is 31.5 Å². The third-order valence-electron chi connectivity index (χ3n) is 4.61. The average molecular weight is 298 g/mol. The summed E-state index contributed by atoms with van der Waals surface area (Å²) in [5.74, 6) is 0.712. The molecule has 2 heterocycles. The number of anilines is 1. The molecule has 0 spiro atoms. The third kappa shape index (κ3) is 3.25. The second-order valence-corrected chi connectivity index (χ2v) is 6.29. The van der Waals surface area contributed by atoms with Crippen molar-refractivity contribution in [3.8, 4) is 0 Å². The summed E-state index contributed by atoms with van der Waals surface area (Å²) in [5, 5.41) is 1.28. The molecule has 0 unspecified atom stereocenters. The lowest BCUT2D eigenvalue weighted by Crippen LogP contribution is -2.35. The largest absolute Gasteiger partial charge is 0.384 e. The van der Waals surface area contributed by atoms with Crippen LogP contribution < -0.4 is 4.90 Å². The zero-order chi connectivity index (χ0) is 15.4. The van der Waals surface area contributed by atoms with Gasteiger partial charge in [0.1, 0.15) is 0 Å². The van der Waals surface area contributed by atoms with Crippen LogP contribution in [0.1, 0.15) is 31.9 Å². The van der Waals surface area contributed by atoms with Crippen LogP contribution in [-0.4, -0.2) is 31.8 Å². The van der Waals surface area contributed by atoms with Crippen LogP contribution in [-0.2, 0) is 11.2 Å². The van der Waals surface area contributed by atoms with Gasteiger partial charge in [-0.25, -0.2) is 0 Å². The highest BCUT2D eigenvalue weighted by molar-refractivity contribution is 5.92. The number of fused-ring (bicyclic) bond motifs is 1. The number of piperidine rings is 1. The molecule has 1 fully saturated rings. The van der Waals surface area contributed by atoms with Gasteiger partial charge in [0, 0.05) is 43.6 Å². The highest BCUT2D eigenvalue weighted by atomic mass is 16.5. The number of aromatic nitrogens is 1. The van der Waals surface area contributed by atoms with Gasteiger partial charge in [0.15, 0.2) is 0 Å². The fraction of sp³-hybridized carbons (Fsp3) is 0.526. The predicted molar refractivity (Wildman–Crippen MR) is 92.6 cm³/mol. The lowest BCUT2D eigenvalue weighted by molar-refractivity contribution is 0.139. The number of methoxy groups -OCH3 is 1. The Hall–Kier alpha value is -1.61. The van der Waals surface area contributed by atoms with Crippen molar-refractivity contribution in [2.24, 2.45) is 5.92 Å². The molecule has 118 valence electrons. The van der Waals surface area contributed by atoms with E-state index in [1.165, 1.54) is 29.6 Å². The molecule has 3 heteroatoms. The first-order valence-electron chi connectivity index (χ1n) is 8.44. The summed E-state index contributed by atoms with van der Waals surface area (Å²) < 4.78 is 5.32. The van der Waals surface area contributed by atoms with Gasteiger partial charge < -0.3 is 9.64 Å². The summed E-state index contributed by atoms with van der Waals surface area (Å²) >= 11 is 0. The monoisotopic (exact) mass is 298 g/mol. The molecule has 1 aromatic carbocycles. The zero-order valence-electron chi connectivity index (χ0n) is 13.7. The lowest BCUT2D eigenvalue weighted by Gasteiger charge is -2.34. The molecule has 0 N–H and O–H groups in total. The summed E-state index contributed by atoms with van der Waals surface area (Å²) in [6.45, 7) is 5.35. The van der Waals surface area contributed by atoms with E-state index < -0.39 is 0 Å². The number of rotatable bonds is 5. The summed E-state index contributed by atoms with van der Waals surface area (Å²) in [7, 11) is 1.81. The highest BCUT2D eigenvalue weighted by Crippen LogP contribution is 2.30. The van der Waals surface area contributed by atoms with Crippen molar-refractivity contribution in [2.75, 3.05) is 31.7 Å². The summed E-state index contributed by atoms with van der Waals surface area (Å²) in [4.78, 5) is 7.36. The number of para-hydroxylation sites is 1. The van der Waals surface area contributed by atoms with Crippen molar-refractivity contribution in [1.29, 1.82) is 0 Å². The lowest BCUT2D eigenvalue weighted by atomic mass is 9.96. The van der Waals surface area contributed by atoms with Gasteiger partial charge in [-0.05, 0) is 37.3 Å². The minimum absolute atomic E-state index is 0.712. The van der Waals surface area contributed by atoms with E-state index in [0.717, 1.165) is 38.1 Å². The smallest absolute Gasteiger partial charge is 0.0726 e. The maximum Gasteiger partial charge on any atom is 0.0726 e. The molecule has 3 nitrogen and oxygen atoms in total. The number of nitrogens with zero attached hydrogens (tertiary/aromatic N) is 2. The Balaban J connectivity index is 1.89. The second-order valence-electron chi connectivity index (χ2n) is 6.29. The molecule has 1 aromatic heterocycles. The van der Waals surface area contributed by atoms with E-state index in [1.54, 1.807) is 7.11 Å². The molecule has 1 aliphatic rings. The quantitative estimate of drug-likeness (QED) is 0.832. The summed E-state index contributed by atoms with van der Waals surface area (Å²) in [6, 6.07) is 10.8. The Kier molecular flexibility index (Phi) is 4.94. The van der Waals surface area contributed by atoms with E-state index in [1.807, 2.05) is 0 Å². The minimum atomic E-state index is 0.712. The van der Waals surface area contributed by atoms with Gasteiger partial charge in [0.05, 0.1) is 5.52 Å². The maximum absolute atomic E-state index is 5.32. The van der Waals surface area contributed by atoms with Gasteiger partial charge >= 0.3 is 0 Å². The molecule has 0 saturated carbocycles. The number of benzene rings is 1. The van der Waals surface area contributed by atoms with Crippen LogP contribution >= 0.6 is 0 Å². The van der Waals surface area contributed by atoms with Gasteiger partial charge in [0.25, 0.3) is 0 Å². The minimum Gasteiger partial charge on any atom is -0.384 e. The van der Waals surface area contributed by atoms with E-state index in [9.17, 15) is 0 Å². The molecule has 0 radical (unpaired) electrons. The second kappa shape index (κ2) is 7.10. The Morgan fingerprint density at radius 3 is 2.73 bits per heavy atom. The van der Waals surface area contributed by atoms with E-state index in [2.05, 4.69) is 42.2 Å². The first-order valence-corrected chi connectivity index (χ1v) is 8.44. The van der Waals surface area contributed by atoms with Crippen LogP contribution in [0.25, 0.3) is 10.9 Å². The average Bonchev–Trinajstić information content (AvgIpc) is 2.55. The zero-order valence-corrected chi connectivity index (χ0v) is 13.7. The Morgan fingerprint density at radius 1 is 1.23 bits per heavy atom. The topological polar surface area (TPSA) is 25.4 Å². The van der Waals surface area contributed by atoms with Crippen molar-refractivity contribution >= 4 is 16.6 Å². The van der Waals surface area contributed by atoms with Crippen LogP contribution in [0, 0.1) is 5.92 Å². The van der Waals surface area contributed by atoms with Crippen molar-refractivity contribution in [3.05, 3.63) is 36.0 Å². The van der Waals surface area contributed by atoms with Crippen LogP contribution in [0.15, 0.2) is 30.3 Å². The molecular weight excluding hydrogens is 272 g/mol. The molecule has 1 aliphatic heterocycles. The summed E-state index contributed by atoms with van der Waals surface area (Å²) in [6.07, 6.45) is 4.62. The fourth-order valence-corrected chi connectivity index (χ4v) is 3.43. The molecule has 0 amide bonds. The van der Waals surface area contributed by atoms with Crippen molar-refractivity contribution in [3.63, 3.8) is 0 Å². The first-order chi connectivity index (χ1) is 10.8. The van der Waals surface area contributed by atoms with Gasteiger partial charge in [-0.15, -0.1) is 0 Å². The van der Waals surface area contributed by atoms with Crippen LogP contribution in [0.3, 0.4) is 0 Å². The van der Waals surface area contributed by atoms with E-state index >= 15 is 0 Å². The predicted octanol–water partition coefficient (Wildman–Crippen LogP) is 4.05. The van der Waals surface area contributed by atoms with E-state index in [0.29, 0.717) is 5.92 Å². The fourth-order valence-electron chi connectivity index (χ4n) is 3.43. The van der Waals surface area contributed by atoms with E-state index in [4.69, 9.17) is 9.72 Å². The SMILES string of the molecule is CCCc1cc(N2CCC(COC)CC2)c2ccccc2n1. The van der Waals surface area contributed by atoms with Crippen molar-refractivity contribution < 1.29 is 4.74 Å². The molecular formula is C19H26N2O. The Morgan fingerprint density at radius 2 is 2.00 bits per heavy atom. The molecule has 0 bridgehead atoms. The molecule has 3 rings (SSSR count). The van der Waals surface area contributed by atoms with Gasteiger partial charge in [-0.3, -0.25) is 4.98 Å². The molecule has 0 atom stereocenters. The highest BCUT2D eigenvalue weighted by Gasteiger charge is 2.21. The van der Waals surface area contributed by atoms with Crippen LogP contribution in [0.2, 0.25) is 0 Å². The third-order valence-corrected chi connectivity index (χ3v) is 4.61. The number of aryl methyl sites for hydroxylation is 1.